The lowest BCUT2D eigenvalue weighted by molar-refractivity contribution is -0.143. The summed E-state index contributed by atoms with van der Waals surface area (Å²) in [7, 11) is 0. The minimum atomic E-state index is -1.63. The number of aliphatic hydroxyl groups excluding tert-OH is 1. The van der Waals surface area contributed by atoms with Crippen LogP contribution in [0.3, 0.4) is 0 Å². The van der Waals surface area contributed by atoms with Crippen LogP contribution in [0.5, 0.6) is 11.8 Å². The van der Waals surface area contributed by atoms with Crippen LogP contribution in [-0.4, -0.2) is 159 Å². The van der Waals surface area contributed by atoms with Gasteiger partial charge in [-0.1, -0.05) is 49.4 Å². The topological polar surface area (TPSA) is 225 Å². The summed E-state index contributed by atoms with van der Waals surface area (Å²) in [6.07, 6.45) is 10.6. The molecule has 4 aliphatic heterocycles. The number of aryl methyl sites for hydroxylation is 2. The number of aliphatic hydroxyl groups is 2. The van der Waals surface area contributed by atoms with Crippen molar-refractivity contribution in [3.8, 4) is 33.5 Å². The number of amides is 1. The third-order valence-electron chi connectivity index (χ3n) is 19.4. The fourth-order valence-corrected chi connectivity index (χ4v) is 15.3. The Bertz CT molecular complexity index is 3640. The van der Waals surface area contributed by atoms with Crippen molar-refractivity contribution >= 4 is 50.5 Å². The van der Waals surface area contributed by atoms with E-state index in [9.17, 15) is 24.9 Å². The third kappa shape index (κ3) is 12.1. The van der Waals surface area contributed by atoms with Gasteiger partial charge in [0.15, 0.2) is 17.1 Å². The number of halogens is 2. The molecule has 0 spiro atoms. The number of fused-ring (bicyclic) bond motifs is 2. The zero-order chi connectivity index (χ0) is 60.2. The number of carbonyl (C=O) groups excluding carboxylic acids is 2. The van der Waals surface area contributed by atoms with Gasteiger partial charge in [0.2, 0.25) is 5.91 Å². The van der Waals surface area contributed by atoms with Crippen molar-refractivity contribution in [3.63, 3.8) is 0 Å². The van der Waals surface area contributed by atoms with Crippen LogP contribution in [0.2, 0.25) is 0 Å². The number of benzene rings is 3. The number of phenolic OH excluding ortho intramolecular Hbond substituents is 1. The number of pyridine rings is 1. The van der Waals surface area contributed by atoms with Crippen molar-refractivity contribution in [1.82, 2.24) is 49.6 Å². The number of rotatable bonds is 20. The Labute approximate surface area is 504 Å². The fourth-order valence-electron chi connectivity index (χ4n) is 14.4. The van der Waals surface area contributed by atoms with Crippen molar-refractivity contribution in [2.75, 3.05) is 70.4 Å². The van der Waals surface area contributed by atoms with Gasteiger partial charge in [0.25, 0.3) is 0 Å². The molecule has 86 heavy (non-hydrogen) atoms. The molecule has 5 atom stereocenters. The van der Waals surface area contributed by atoms with E-state index in [0.29, 0.717) is 72.4 Å². The lowest BCUT2D eigenvalue weighted by Gasteiger charge is -2.39. The molecule has 8 heterocycles. The second-order valence-corrected chi connectivity index (χ2v) is 26.8. The molecule has 5 fully saturated rings. The number of hydrogen-bond acceptors (Lipinski definition) is 17. The highest BCUT2D eigenvalue weighted by molar-refractivity contribution is 7.13. The summed E-state index contributed by atoms with van der Waals surface area (Å²) in [6, 6.07) is 13.7. The van der Waals surface area contributed by atoms with Crippen LogP contribution in [0.25, 0.3) is 43.4 Å². The molecule has 0 bridgehead atoms. The first kappa shape index (κ1) is 59.7. The summed E-state index contributed by atoms with van der Waals surface area (Å²) in [6.45, 7) is 17.3. The van der Waals surface area contributed by atoms with Crippen molar-refractivity contribution in [2.24, 2.45) is 23.0 Å². The minimum Gasteiger partial charge on any atom is -0.508 e. The molecule has 5 aliphatic rings. The summed E-state index contributed by atoms with van der Waals surface area (Å²) in [5.41, 5.74) is 9.77. The summed E-state index contributed by atoms with van der Waals surface area (Å²) in [5, 5.41) is 43.4. The standard InChI is InChI=1S/C65H80F2N12O6S/c1-6-49-52(66)13-12-46-27-47(80)28-50(55(46)49)57-56(67)58-51(30-69-57)60(77-21-7-18-63(5,84)35-77)72-62(71-58)85-37-64(19-20-64)36-76-22-14-42(15-23-76)32-75-24-16-44(17-25-75)53-34-78(74-73-53)31-39(2)26-54(82)65(61(68)83)29-48(81)33-79(65)41(4)43-8-10-45(11-9-43)59-40(3)70-38-86-59/h8-13,27-28,30,34,38-39,41-42,44,48,80-81,84H,6-7,14-26,29,31-33,35-37H2,1-5H3,(H2,68,83)/t39-,41-,48-,63+,65-/m0/s1. The zero-order valence-corrected chi connectivity index (χ0v) is 50.8. The first-order valence-corrected chi connectivity index (χ1v) is 31.7. The Morgan fingerprint density at radius 1 is 0.953 bits per heavy atom. The number of piperidine rings is 3. The molecule has 21 heteroatoms. The number of aromatic nitrogens is 7. The maximum absolute atomic E-state index is 17.2. The van der Waals surface area contributed by atoms with E-state index in [4.69, 9.17) is 20.4 Å². The molecule has 1 saturated carbocycles. The summed E-state index contributed by atoms with van der Waals surface area (Å²) >= 11 is 1.58. The lowest BCUT2D eigenvalue weighted by Crippen LogP contribution is -2.60. The lowest BCUT2D eigenvalue weighted by atomic mass is 9.83. The highest BCUT2D eigenvalue weighted by atomic mass is 32.1. The minimum absolute atomic E-state index is 0.00608. The molecule has 0 radical (unpaired) electrons. The van der Waals surface area contributed by atoms with Gasteiger partial charge in [0.1, 0.15) is 28.6 Å². The average Bonchev–Trinajstić information content (AvgIpc) is 1.31. The monoisotopic (exact) mass is 1190 g/mol. The van der Waals surface area contributed by atoms with Crippen molar-refractivity contribution in [1.29, 1.82) is 0 Å². The number of anilines is 1. The van der Waals surface area contributed by atoms with Gasteiger partial charge in [-0.3, -0.25) is 24.2 Å². The molecule has 18 nitrogen and oxygen atoms in total. The molecule has 5 N–H and O–H groups in total. The second kappa shape index (κ2) is 24.2. The normalized spacial score (nSPS) is 23.3. The molecule has 4 saturated heterocycles. The first-order chi connectivity index (χ1) is 41.3. The van der Waals surface area contributed by atoms with Gasteiger partial charge in [0, 0.05) is 87.4 Å². The number of β-amino-alcohol motifs (C(OH)–C–C–N with tert-alkyl or cyclic N) is 2. The Balaban J connectivity index is 0.629. The molecule has 1 amide bonds. The number of ether oxygens (including phenoxy) is 1. The van der Waals surface area contributed by atoms with Gasteiger partial charge in [-0.25, -0.2) is 13.8 Å². The second-order valence-electron chi connectivity index (χ2n) is 26.0. The number of likely N-dealkylation sites (tertiary alicyclic amines) is 3. The van der Waals surface area contributed by atoms with Crippen LogP contribution >= 0.6 is 11.3 Å². The molecule has 456 valence electrons. The van der Waals surface area contributed by atoms with E-state index in [1.807, 2.05) is 73.2 Å². The van der Waals surface area contributed by atoms with E-state index in [-0.39, 0.29) is 83.5 Å². The van der Waals surface area contributed by atoms with Gasteiger partial charge in [-0.15, -0.1) is 16.4 Å². The van der Waals surface area contributed by atoms with Gasteiger partial charge in [-0.2, -0.15) is 9.97 Å². The van der Waals surface area contributed by atoms with Crippen LogP contribution in [0.4, 0.5) is 14.6 Å². The van der Waals surface area contributed by atoms with Crippen LogP contribution in [-0.2, 0) is 22.6 Å². The van der Waals surface area contributed by atoms with Crippen LogP contribution < -0.4 is 15.4 Å². The largest absolute Gasteiger partial charge is 0.508 e. The average molecular weight is 1200 g/mol. The quantitative estimate of drug-likeness (QED) is 0.0522. The van der Waals surface area contributed by atoms with Crippen molar-refractivity contribution in [2.45, 2.75) is 141 Å². The van der Waals surface area contributed by atoms with E-state index >= 15 is 8.78 Å². The highest BCUT2D eigenvalue weighted by Crippen LogP contribution is 2.48. The maximum Gasteiger partial charge on any atom is 0.319 e. The van der Waals surface area contributed by atoms with Crippen LogP contribution in [0.15, 0.2) is 66.4 Å². The Morgan fingerprint density at radius 3 is 2.41 bits per heavy atom. The number of nitrogens with zero attached hydrogens (tertiary/aromatic N) is 11. The highest BCUT2D eigenvalue weighted by Gasteiger charge is 2.57. The van der Waals surface area contributed by atoms with E-state index < -0.39 is 34.8 Å². The third-order valence-corrected chi connectivity index (χ3v) is 20.4. The smallest absolute Gasteiger partial charge is 0.319 e. The van der Waals surface area contributed by atoms with Gasteiger partial charge in [0.05, 0.1) is 45.5 Å². The molecule has 1 aliphatic carbocycles. The predicted molar refractivity (Wildman–Crippen MR) is 327 cm³/mol. The number of phenols is 1. The fraction of sp³-hybridized carbons (Fsp3) is 0.538. The molecule has 12 rings (SSSR count). The van der Waals surface area contributed by atoms with Gasteiger partial charge < -0.3 is 40.5 Å². The van der Waals surface area contributed by atoms with E-state index in [2.05, 4.69) is 30.1 Å². The van der Waals surface area contributed by atoms with Crippen molar-refractivity contribution < 1.29 is 38.4 Å². The number of thiazole rings is 1. The summed E-state index contributed by atoms with van der Waals surface area (Å²) in [5.74, 6) is -1.11. The van der Waals surface area contributed by atoms with Crippen LogP contribution in [0.1, 0.15) is 126 Å². The summed E-state index contributed by atoms with van der Waals surface area (Å²) < 4.78 is 40.8. The molecule has 7 aromatic rings. The summed E-state index contributed by atoms with van der Waals surface area (Å²) in [4.78, 5) is 56.3. The van der Waals surface area contributed by atoms with Gasteiger partial charge in [-0.05, 0) is 162 Å². The zero-order valence-electron chi connectivity index (χ0n) is 50.0. The van der Waals surface area contributed by atoms with Crippen LogP contribution in [0, 0.1) is 35.8 Å². The molecule has 0 unspecified atom stereocenters. The Hall–Kier alpha value is -6.62. The first-order valence-electron chi connectivity index (χ1n) is 30.8. The Kier molecular flexibility index (Phi) is 16.8. The van der Waals surface area contributed by atoms with E-state index in [1.54, 1.807) is 35.3 Å². The molecular weight excluding hydrogens is 1110 g/mol. The molecular formula is C65H80F2N12O6S. The van der Waals surface area contributed by atoms with E-state index in [1.165, 1.54) is 18.3 Å². The molecule has 3 aromatic carbocycles. The number of primary amides is 1. The molecule has 4 aromatic heterocycles. The number of Topliss-reactive ketones (excluding diaryl/α,β-unsaturated/α-hetero) is 1. The number of hydrogen-bond donors (Lipinski definition) is 4. The number of carbonyl (C=O) groups is 2. The van der Waals surface area contributed by atoms with Crippen molar-refractivity contribution in [3.05, 3.63) is 101 Å². The Morgan fingerprint density at radius 2 is 1.71 bits per heavy atom. The van der Waals surface area contributed by atoms with Gasteiger partial charge >= 0.3 is 6.01 Å². The maximum atomic E-state index is 17.2. The SMILES string of the molecule is CCc1c(F)ccc2cc(O)cc(-c3ncc4c(N5CCC[C@@](C)(O)C5)nc(OCC5(CN6CCC(CN7CCC(c8cn(C[C@@H](C)CC(=O)[C@]9(C(N)=O)C[C@H](O)CN9[C@@H](C)c9ccc(-c%10scnc%10C)cc9)nn8)CC7)CC6)CC5)nc4c3F)c12. The predicted octanol–water partition coefficient (Wildman–Crippen LogP) is 9.16. The van der Waals surface area contributed by atoms with E-state index in [0.717, 1.165) is 105 Å². The number of nitrogens with two attached hydrogens (primary N) is 1. The number of ketones is 1. The number of aromatic hydroxyl groups is 1.